The third-order valence-corrected chi connectivity index (χ3v) is 2.57. The maximum Gasteiger partial charge on any atom is 0.104 e. The van der Waals surface area contributed by atoms with Crippen LogP contribution in [-0.2, 0) is 0 Å². The van der Waals surface area contributed by atoms with Gasteiger partial charge in [-0.05, 0) is 0 Å². The van der Waals surface area contributed by atoms with E-state index in [0.717, 1.165) is 22.0 Å². The zero-order valence-electron chi connectivity index (χ0n) is 7.86. The van der Waals surface area contributed by atoms with Crippen LogP contribution in [0.15, 0.2) is 41.9 Å². The summed E-state index contributed by atoms with van der Waals surface area (Å²) in [4.78, 5) is 7.11. The summed E-state index contributed by atoms with van der Waals surface area (Å²) in [7, 11) is 0. The molecule has 0 fully saturated rings. The van der Waals surface area contributed by atoms with E-state index in [-0.39, 0.29) is 0 Å². The van der Waals surface area contributed by atoms with Gasteiger partial charge in [0.15, 0.2) is 0 Å². The van der Waals surface area contributed by atoms with Crippen molar-refractivity contribution in [2.75, 3.05) is 0 Å². The Morgan fingerprint density at radius 3 is 2.80 bits per heavy atom. The molecule has 4 nitrogen and oxygen atoms in total. The first-order chi connectivity index (χ1) is 7.42. The van der Waals surface area contributed by atoms with Crippen LogP contribution in [-0.4, -0.2) is 9.97 Å². The molecular formula is C11H8N4. The first kappa shape index (κ1) is 8.11. The van der Waals surface area contributed by atoms with Crippen molar-refractivity contribution in [3.8, 4) is 11.3 Å². The van der Waals surface area contributed by atoms with E-state index in [1.807, 2.05) is 24.3 Å². The fourth-order valence-corrected chi connectivity index (χ4v) is 1.93. The molecule has 72 valence electrons. The van der Waals surface area contributed by atoms with E-state index in [0.29, 0.717) is 5.69 Å². The summed E-state index contributed by atoms with van der Waals surface area (Å²) < 4.78 is 0. The maximum absolute atomic E-state index is 7.21. The number of fused-ring (bicyclic) bond motifs is 3. The SMILES string of the molecule is N=Nc1c2cnc[nH]c-2c2ccccc12. The summed E-state index contributed by atoms with van der Waals surface area (Å²) >= 11 is 0. The lowest BCUT2D eigenvalue weighted by Gasteiger charge is -1.97. The number of aromatic nitrogens is 2. The smallest absolute Gasteiger partial charge is 0.104 e. The Balaban J connectivity index is 2.60. The molecule has 2 aliphatic rings. The van der Waals surface area contributed by atoms with E-state index < -0.39 is 0 Å². The number of benzene rings is 1. The molecule has 3 rings (SSSR count). The first-order valence-corrected chi connectivity index (χ1v) is 4.62. The predicted molar refractivity (Wildman–Crippen MR) is 57.5 cm³/mol. The van der Waals surface area contributed by atoms with Crippen molar-refractivity contribution < 1.29 is 0 Å². The molecule has 0 bridgehead atoms. The second-order valence-electron chi connectivity index (χ2n) is 3.35. The van der Waals surface area contributed by atoms with Crippen molar-refractivity contribution in [1.29, 1.82) is 5.53 Å². The summed E-state index contributed by atoms with van der Waals surface area (Å²) in [5.41, 5.74) is 9.78. The van der Waals surface area contributed by atoms with Gasteiger partial charge < -0.3 is 4.98 Å². The molecule has 2 N–H and O–H groups in total. The van der Waals surface area contributed by atoms with Crippen molar-refractivity contribution >= 4 is 16.5 Å². The lowest BCUT2D eigenvalue weighted by Crippen LogP contribution is -1.82. The Morgan fingerprint density at radius 1 is 1.20 bits per heavy atom. The second kappa shape index (κ2) is 2.88. The zero-order valence-corrected chi connectivity index (χ0v) is 7.86. The normalized spacial score (nSPS) is 10.9. The number of aromatic amines is 1. The van der Waals surface area contributed by atoms with Gasteiger partial charge in [-0.15, -0.1) is 0 Å². The molecule has 0 amide bonds. The number of hydrogen-bond donors (Lipinski definition) is 2. The molecule has 15 heavy (non-hydrogen) atoms. The minimum atomic E-state index is 0.685. The topological polar surface area (TPSA) is 64.9 Å². The van der Waals surface area contributed by atoms with Crippen LogP contribution in [0.3, 0.4) is 0 Å². The Labute approximate surface area is 85.8 Å². The molecule has 0 saturated carbocycles. The van der Waals surface area contributed by atoms with E-state index in [1.54, 1.807) is 12.5 Å². The van der Waals surface area contributed by atoms with E-state index in [1.165, 1.54) is 0 Å². The Morgan fingerprint density at radius 2 is 2.00 bits per heavy atom. The van der Waals surface area contributed by atoms with Gasteiger partial charge in [0.1, 0.15) is 5.69 Å². The second-order valence-corrected chi connectivity index (χ2v) is 3.35. The van der Waals surface area contributed by atoms with Crippen LogP contribution in [0.25, 0.3) is 22.0 Å². The Kier molecular flexibility index (Phi) is 1.56. The summed E-state index contributed by atoms with van der Waals surface area (Å²) in [5.74, 6) is 0. The van der Waals surface area contributed by atoms with Gasteiger partial charge in [0.25, 0.3) is 0 Å². The van der Waals surface area contributed by atoms with E-state index in [4.69, 9.17) is 5.53 Å². The van der Waals surface area contributed by atoms with Gasteiger partial charge in [-0.3, -0.25) is 0 Å². The molecule has 0 radical (unpaired) electrons. The summed E-state index contributed by atoms with van der Waals surface area (Å²) in [6.07, 6.45) is 3.38. The van der Waals surface area contributed by atoms with Gasteiger partial charge in [-0.1, -0.05) is 24.3 Å². The molecule has 1 aliphatic carbocycles. The van der Waals surface area contributed by atoms with Crippen LogP contribution >= 0.6 is 0 Å². The van der Waals surface area contributed by atoms with Crippen molar-refractivity contribution in [1.82, 2.24) is 9.97 Å². The van der Waals surface area contributed by atoms with Crippen LogP contribution in [0.4, 0.5) is 5.69 Å². The van der Waals surface area contributed by atoms with E-state index in [9.17, 15) is 0 Å². The molecule has 1 aromatic rings. The molecule has 0 saturated heterocycles. The molecule has 0 unspecified atom stereocenters. The molecule has 0 atom stereocenters. The van der Waals surface area contributed by atoms with E-state index >= 15 is 0 Å². The number of nitrogens with one attached hydrogen (secondary N) is 2. The summed E-state index contributed by atoms with van der Waals surface area (Å²) in [6.45, 7) is 0. The van der Waals surface area contributed by atoms with Crippen molar-refractivity contribution in [2.45, 2.75) is 0 Å². The highest BCUT2D eigenvalue weighted by Gasteiger charge is 2.16. The van der Waals surface area contributed by atoms with Crippen LogP contribution in [0, 0.1) is 5.53 Å². The molecule has 1 aromatic carbocycles. The highest BCUT2D eigenvalue weighted by atomic mass is 15.0. The minimum Gasteiger partial charge on any atom is -0.345 e. The average molecular weight is 196 g/mol. The molecule has 0 spiro atoms. The number of rotatable bonds is 1. The zero-order chi connectivity index (χ0) is 10.3. The van der Waals surface area contributed by atoms with Crippen LogP contribution in [0.2, 0.25) is 0 Å². The van der Waals surface area contributed by atoms with Crippen LogP contribution in [0.5, 0.6) is 0 Å². The van der Waals surface area contributed by atoms with Gasteiger partial charge in [0.05, 0.1) is 12.0 Å². The largest absolute Gasteiger partial charge is 0.345 e. The Hall–Kier alpha value is -2.23. The standard InChI is InChI=1S/C11H8N4/c12-15-11-8-4-2-1-3-7(8)10-9(11)5-13-6-14-10/h1-6,12H,(H,13,14). The fraction of sp³-hybridized carbons (Fsp3) is 0. The fourth-order valence-electron chi connectivity index (χ4n) is 1.93. The van der Waals surface area contributed by atoms with Crippen LogP contribution < -0.4 is 0 Å². The van der Waals surface area contributed by atoms with Gasteiger partial charge in [0, 0.05) is 22.5 Å². The number of H-pyrrole nitrogens is 1. The monoisotopic (exact) mass is 196 g/mol. The summed E-state index contributed by atoms with van der Waals surface area (Å²) in [6, 6.07) is 7.91. The van der Waals surface area contributed by atoms with Crippen molar-refractivity contribution in [3.05, 3.63) is 36.8 Å². The number of hydrogen-bond acceptors (Lipinski definition) is 3. The first-order valence-electron chi connectivity index (χ1n) is 4.62. The maximum atomic E-state index is 7.21. The molecular weight excluding hydrogens is 188 g/mol. The molecule has 1 heterocycles. The van der Waals surface area contributed by atoms with Gasteiger partial charge >= 0.3 is 0 Å². The number of nitrogens with zero attached hydrogens (tertiary/aromatic N) is 2. The quantitative estimate of drug-likeness (QED) is 0.576. The van der Waals surface area contributed by atoms with Crippen molar-refractivity contribution in [3.63, 3.8) is 0 Å². The highest BCUT2D eigenvalue weighted by molar-refractivity contribution is 6.10. The van der Waals surface area contributed by atoms with E-state index in [2.05, 4.69) is 15.1 Å². The molecule has 0 aromatic heterocycles. The highest BCUT2D eigenvalue weighted by Crippen LogP contribution is 2.42. The van der Waals surface area contributed by atoms with Crippen molar-refractivity contribution in [2.24, 2.45) is 5.11 Å². The minimum absolute atomic E-state index is 0.685. The van der Waals surface area contributed by atoms with Gasteiger partial charge in [0.2, 0.25) is 0 Å². The summed E-state index contributed by atoms with van der Waals surface area (Å²) in [5, 5.41) is 5.65. The Bertz CT molecular complexity index is 611. The van der Waals surface area contributed by atoms with Gasteiger partial charge in [-0.2, -0.15) is 5.11 Å². The van der Waals surface area contributed by atoms with Gasteiger partial charge in [-0.25, -0.2) is 10.5 Å². The third-order valence-electron chi connectivity index (χ3n) is 2.57. The molecule has 1 aliphatic heterocycles. The van der Waals surface area contributed by atoms with Crippen LogP contribution in [0.1, 0.15) is 0 Å². The lowest BCUT2D eigenvalue weighted by molar-refractivity contribution is 1.14. The third kappa shape index (κ3) is 0.985. The lowest BCUT2D eigenvalue weighted by atomic mass is 10.2. The average Bonchev–Trinajstić information content (AvgIpc) is 2.63. The molecule has 4 heteroatoms. The predicted octanol–water partition coefficient (Wildman–Crippen LogP) is 3.33.